The molecule has 0 spiro atoms. The van der Waals surface area contributed by atoms with Crippen molar-refractivity contribution in [3.05, 3.63) is 57.8 Å². The third kappa shape index (κ3) is 6.00. The van der Waals surface area contributed by atoms with Gasteiger partial charge < -0.3 is 10.6 Å². The number of anilines is 1. The molecule has 0 atom stereocenters. The number of nitrogens with one attached hydrogen (secondary N) is 2. The fourth-order valence-electron chi connectivity index (χ4n) is 3.42. The van der Waals surface area contributed by atoms with Crippen LogP contribution in [0, 0.1) is 5.92 Å². The number of hydrogen-bond acceptors (Lipinski definition) is 3. The second kappa shape index (κ2) is 9.22. The molecule has 1 fully saturated rings. The van der Waals surface area contributed by atoms with E-state index in [0.29, 0.717) is 10.9 Å². The largest absolute Gasteiger partial charge is 0.416 e. The smallest absolute Gasteiger partial charge is 0.383 e. The van der Waals surface area contributed by atoms with Crippen LogP contribution in [-0.4, -0.2) is 23.5 Å². The van der Waals surface area contributed by atoms with Crippen molar-refractivity contribution in [2.24, 2.45) is 5.92 Å². The van der Waals surface area contributed by atoms with Crippen molar-refractivity contribution in [2.45, 2.75) is 37.9 Å². The van der Waals surface area contributed by atoms with E-state index in [1.807, 2.05) is 0 Å². The Morgan fingerprint density at radius 2 is 1.83 bits per heavy atom. The highest BCUT2D eigenvalue weighted by molar-refractivity contribution is 6.33. The molecule has 1 amide bonds. The summed E-state index contributed by atoms with van der Waals surface area (Å²) in [6.07, 6.45) is 2.03. The molecule has 1 heterocycles. The van der Waals surface area contributed by atoms with Crippen LogP contribution in [0.2, 0.25) is 10.0 Å². The number of halogens is 5. The molecule has 1 aromatic heterocycles. The zero-order valence-corrected chi connectivity index (χ0v) is 16.9. The topological polar surface area (TPSA) is 54.0 Å². The number of carbonyl (C=O) groups is 1. The van der Waals surface area contributed by atoms with Crippen LogP contribution in [0.1, 0.15) is 41.6 Å². The normalized spacial score (nSPS) is 19.6. The number of amides is 1. The summed E-state index contributed by atoms with van der Waals surface area (Å²) < 4.78 is 38.7. The molecule has 0 bridgehead atoms. The van der Waals surface area contributed by atoms with Gasteiger partial charge in [0, 0.05) is 18.8 Å². The maximum atomic E-state index is 12.9. The highest BCUT2D eigenvalue weighted by Gasteiger charge is 2.32. The molecule has 0 saturated heterocycles. The van der Waals surface area contributed by atoms with Crippen molar-refractivity contribution in [3.8, 4) is 0 Å². The van der Waals surface area contributed by atoms with Gasteiger partial charge in [0.15, 0.2) is 0 Å². The highest BCUT2D eigenvalue weighted by atomic mass is 35.5. The van der Waals surface area contributed by atoms with Gasteiger partial charge in [-0.1, -0.05) is 23.2 Å². The predicted octanol–water partition coefficient (Wildman–Crippen LogP) is 5.81. The first-order valence-corrected chi connectivity index (χ1v) is 10.00. The first-order valence-electron chi connectivity index (χ1n) is 9.24. The molecule has 1 aromatic carbocycles. The minimum absolute atomic E-state index is 0.00326. The Morgan fingerprint density at radius 1 is 1.10 bits per heavy atom. The number of pyridine rings is 1. The molecule has 0 unspecified atom stereocenters. The van der Waals surface area contributed by atoms with Crippen LogP contribution in [0.4, 0.5) is 18.9 Å². The van der Waals surface area contributed by atoms with Crippen LogP contribution in [0.25, 0.3) is 0 Å². The first kappa shape index (κ1) is 21.7. The summed E-state index contributed by atoms with van der Waals surface area (Å²) in [4.78, 5) is 16.5. The zero-order valence-electron chi connectivity index (χ0n) is 15.4. The Hall–Kier alpha value is -1.99. The quantitative estimate of drug-likeness (QED) is 0.610. The third-order valence-corrected chi connectivity index (χ3v) is 5.56. The van der Waals surface area contributed by atoms with E-state index in [4.69, 9.17) is 23.2 Å². The van der Waals surface area contributed by atoms with Crippen LogP contribution in [-0.2, 0) is 6.18 Å². The van der Waals surface area contributed by atoms with E-state index in [1.54, 1.807) is 18.5 Å². The van der Waals surface area contributed by atoms with Crippen LogP contribution in [0.15, 0.2) is 36.7 Å². The lowest BCUT2D eigenvalue weighted by molar-refractivity contribution is -0.137. The van der Waals surface area contributed by atoms with E-state index in [-0.39, 0.29) is 16.6 Å². The maximum absolute atomic E-state index is 12.9. The second-order valence-corrected chi connectivity index (χ2v) is 8.00. The Balaban J connectivity index is 1.51. The summed E-state index contributed by atoms with van der Waals surface area (Å²) in [5, 5.41) is 6.69. The lowest BCUT2D eigenvalue weighted by Crippen LogP contribution is -2.38. The molecule has 0 radical (unpaired) electrons. The molecule has 3 rings (SSSR count). The minimum atomic E-state index is -4.52. The van der Waals surface area contributed by atoms with E-state index in [0.717, 1.165) is 56.1 Å². The van der Waals surface area contributed by atoms with Crippen LogP contribution in [0.5, 0.6) is 0 Å². The molecular formula is C20H20Cl2F3N3O. The Bertz CT molecular complexity index is 868. The van der Waals surface area contributed by atoms with Crippen molar-refractivity contribution in [1.29, 1.82) is 0 Å². The number of aromatic nitrogens is 1. The number of carbonyl (C=O) groups excluding carboxylic acids is 1. The predicted molar refractivity (Wildman–Crippen MR) is 107 cm³/mol. The van der Waals surface area contributed by atoms with Crippen LogP contribution in [0.3, 0.4) is 0 Å². The minimum Gasteiger partial charge on any atom is -0.383 e. The van der Waals surface area contributed by atoms with Gasteiger partial charge in [0.2, 0.25) is 0 Å². The third-order valence-electron chi connectivity index (χ3n) is 5.02. The van der Waals surface area contributed by atoms with Crippen molar-refractivity contribution < 1.29 is 18.0 Å². The molecule has 1 aliphatic carbocycles. The van der Waals surface area contributed by atoms with Gasteiger partial charge in [-0.05, 0) is 55.9 Å². The summed E-state index contributed by atoms with van der Waals surface area (Å²) in [5.74, 6) is -0.146. The maximum Gasteiger partial charge on any atom is 0.416 e. The average molecular weight is 446 g/mol. The van der Waals surface area contributed by atoms with E-state index < -0.39 is 17.6 Å². The van der Waals surface area contributed by atoms with Gasteiger partial charge in [0.05, 0.1) is 33.1 Å². The van der Waals surface area contributed by atoms with E-state index >= 15 is 0 Å². The molecule has 1 saturated carbocycles. The Labute approximate surface area is 176 Å². The fourth-order valence-corrected chi connectivity index (χ4v) is 3.80. The van der Waals surface area contributed by atoms with Gasteiger partial charge in [-0.2, -0.15) is 13.2 Å². The second-order valence-electron chi connectivity index (χ2n) is 7.16. The van der Waals surface area contributed by atoms with Crippen LogP contribution >= 0.6 is 23.2 Å². The molecule has 9 heteroatoms. The molecule has 4 nitrogen and oxygen atoms in total. The van der Waals surface area contributed by atoms with Gasteiger partial charge in [-0.3, -0.25) is 9.78 Å². The lowest BCUT2D eigenvalue weighted by atomic mass is 9.86. The molecule has 2 N–H and O–H groups in total. The molecule has 156 valence electrons. The van der Waals surface area contributed by atoms with Crippen molar-refractivity contribution >= 4 is 34.8 Å². The van der Waals surface area contributed by atoms with Gasteiger partial charge in [0.1, 0.15) is 0 Å². The average Bonchev–Trinajstić information content (AvgIpc) is 2.67. The fraction of sp³-hybridized carbons (Fsp3) is 0.400. The van der Waals surface area contributed by atoms with E-state index in [9.17, 15) is 18.0 Å². The summed E-state index contributed by atoms with van der Waals surface area (Å²) in [7, 11) is 0. The lowest BCUT2D eigenvalue weighted by Gasteiger charge is -2.29. The standard InChI is InChI=1S/C20H20Cl2F3N3O/c21-14-8-16(11-26-10-14)27-9-12-1-4-15(5-2-12)28-19(29)17-7-13(20(23,24)25)3-6-18(17)22/h3,6-8,10-12,15,27H,1-2,4-5,9H2,(H,28,29)/t12-,15-. The van der Waals surface area contributed by atoms with Crippen LogP contribution < -0.4 is 10.6 Å². The molecule has 29 heavy (non-hydrogen) atoms. The Kier molecular flexibility index (Phi) is 6.90. The molecule has 0 aliphatic heterocycles. The van der Waals surface area contributed by atoms with Crippen molar-refractivity contribution in [1.82, 2.24) is 10.3 Å². The van der Waals surface area contributed by atoms with Crippen molar-refractivity contribution in [2.75, 3.05) is 11.9 Å². The van der Waals surface area contributed by atoms with Crippen molar-refractivity contribution in [3.63, 3.8) is 0 Å². The van der Waals surface area contributed by atoms with Gasteiger partial charge in [-0.15, -0.1) is 0 Å². The first-order chi connectivity index (χ1) is 13.7. The number of alkyl halides is 3. The summed E-state index contributed by atoms with van der Waals surface area (Å²) >= 11 is 11.9. The summed E-state index contributed by atoms with van der Waals surface area (Å²) in [6.45, 7) is 0.766. The molecular weight excluding hydrogens is 426 g/mol. The molecule has 2 aromatic rings. The number of hydrogen-bond donors (Lipinski definition) is 2. The number of rotatable bonds is 5. The van der Waals surface area contributed by atoms with Gasteiger partial charge >= 0.3 is 6.18 Å². The highest BCUT2D eigenvalue weighted by Crippen LogP contribution is 2.32. The summed E-state index contributed by atoms with van der Waals surface area (Å²) in [6, 6.07) is 4.49. The molecule has 1 aliphatic rings. The summed E-state index contributed by atoms with van der Waals surface area (Å²) in [5.41, 5.74) is -0.191. The Morgan fingerprint density at radius 3 is 2.48 bits per heavy atom. The number of nitrogens with zero attached hydrogens (tertiary/aromatic N) is 1. The SMILES string of the molecule is O=C(N[C@H]1CC[C@H](CNc2cncc(Cl)c2)CC1)c1cc(C(F)(F)F)ccc1Cl. The van der Waals surface area contributed by atoms with Gasteiger partial charge in [-0.25, -0.2) is 0 Å². The monoisotopic (exact) mass is 445 g/mol. The number of benzene rings is 1. The van der Waals surface area contributed by atoms with E-state index in [2.05, 4.69) is 15.6 Å². The zero-order chi connectivity index (χ0) is 21.0. The van der Waals surface area contributed by atoms with E-state index in [1.165, 1.54) is 0 Å². The van der Waals surface area contributed by atoms with Gasteiger partial charge in [0.25, 0.3) is 5.91 Å².